The fourth-order valence-electron chi connectivity index (χ4n) is 1.16. The fourth-order valence-corrected chi connectivity index (χ4v) is 1.16. The number of cyclic esters (lactones) is 1. The second-order valence-corrected chi connectivity index (χ2v) is 2.62. The number of ether oxygens (including phenoxy) is 1. The fraction of sp³-hybridized carbons (Fsp3) is 0.375. The zero-order valence-corrected chi connectivity index (χ0v) is 6.53. The zero-order chi connectivity index (χ0) is 8.39. The summed E-state index contributed by atoms with van der Waals surface area (Å²) in [4.78, 5) is 12.6. The van der Waals surface area contributed by atoms with Gasteiger partial charge in [-0.15, -0.1) is 0 Å². The quantitative estimate of drug-likeness (QED) is 0.665. The molecule has 4 heteroatoms. The summed E-state index contributed by atoms with van der Waals surface area (Å²) < 4.78 is 9.85. The van der Waals surface area contributed by atoms with Crippen molar-refractivity contribution in [3.8, 4) is 0 Å². The van der Waals surface area contributed by atoms with Crippen molar-refractivity contribution in [2.75, 3.05) is 13.2 Å². The lowest BCUT2D eigenvalue weighted by molar-refractivity contribution is 0.155. The summed E-state index contributed by atoms with van der Waals surface area (Å²) in [5.74, 6) is 0.786. The van der Waals surface area contributed by atoms with E-state index in [9.17, 15) is 4.79 Å². The van der Waals surface area contributed by atoms with Crippen LogP contribution in [0.5, 0.6) is 0 Å². The van der Waals surface area contributed by atoms with Gasteiger partial charge in [0.25, 0.3) is 0 Å². The van der Waals surface area contributed by atoms with E-state index in [1.165, 1.54) is 0 Å². The van der Waals surface area contributed by atoms with E-state index in [-0.39, 0.29) is 6.09 Å². The molecule has 1 aliphatic rings. The largest absolute Gasteiger partial charge is 0.467 e. The monoisotopic (exact) mass is 167 g/mol. The topological polar surface area (TPSA) is 42.7 Å². The molecule has 0 saturated carbocycles. The predicted octanol–water partition coefficient (Wildman–Crippen LogP) is 1.23. The van der Waals surface area contributed by atoms with Gasteiger partial charge < -0.3 is 9.15 Å². The number of carbonyl (C=O) groups is 1. The minimum atomic E-state index is -0.258. The molecule has 4 nitrogen and oxygen atoms in total. The Hall–Kier alpha value is -1.45. The van der Waals surface area contributed by atoms with Crippen LogP contribution in [-0.4, -0.2) is 24.1 Å². The molecule has 0 atom stereocenters. The number of amides is 1. The van der Waals surface area contributed by atoms with E-state index in [0.717, 1.165) is 5.76 Å². The van der Waals surface area contributed by atoms with Gasteiger partial charge in [0.1, 0.15) is 12.4 Å². The minimum Gasteiger partial charge on any atom is -0.467 e. The molecule has 1 saturated heterocycles. The average molecular weight is 167 g/mol. The lowest BCUT2D eigenvalue weighted by Gasteiger charge is -2.09. The van der Waals surface area contributed by atoms with Gasteiger partial charge in [-0.2, -0.15) is 0 Å². The maximum atomic E-state index is 11.0. The lowest BCUT2D eigenvalue weighted by atomic mass is 10.4. The second kappa shape index (κ2) is 2.89. The van der Waals surface area contributed by atoms with Crippen molar-refractivity contribution in [1.29, 1.82) is 0 Å². The van der Waals surface area contributed by atoms with Gasteiger partial charge in [-0.1, -0.05) is 0 Å². The van der Waals surface area contributed by atoms with Crippen molar-refractivity contribution in [2.24, 2.45) is 0 Å². The zero-order valence-electron chi connectivity index (χ0n) is 6.53. The molecule has 0 N–H and O–H groups in total. The molecule has 64 valence electrons. The number of hydrogen-bond acceptors (Lipinski definition) is 3. The van der Waals surface area contributed by atoms with Gasteiger partial charge in [-0.3, -0.25) is 4.90 Å². The van der Waals surface area contributed by atoms with Crippen LogP contribution in [0.2, 0.25) is 0 Å². The van der Waals surface area contributed by atoms with Crippen molar-refractivity contribution in [2.45, 2.75) is 6.54 Å². The standard InChI is InChI=1S/C8H9NO3/c10-8-9(3-5-12-8)6-7-2-1-4-11-7/h1-2,4H,3,5-6H2. The van der Waals surface area contributed by atoms with Crippen molar-refractivity contribution in [3.05, 3.63) is 24.2 Å². The average Bonchev–Trinajstić information content (AvgIpc) is 2.65. The Balaban J connectivity index is 1.99. The van der Waals surface area contributed by atoms with Crippen molar-refractivity contribution in [3.63, 3.8) is 0 Å². The van der Waals surface area contributed by atoms with Crippen LogP contribution >= 0.6 is 0 Å². The third kappa shape index (κ3) is 1.28. The molecule has 12 heavy (non-hydrogen) atoms. The molecule has 2 heterocycles. The van der Waals surface area contributed by atoms with Gasteiger partial charge in [0.15, 0.2) is 0 Å². The second-order valence-electron chi connectivity index (χ2n) is 2.62. The van der Waals surface area contributed by atoms with Gasteiger partial charge in [0.05, 0.1) is 19.4 Å². The Bertz CT molecular complexity index is 268. The first kappa shape index (κ1) is 7.21. The first-order valence-electron chi connectivity index (χ1n) is 3.80. The summed E-state index contributed by atoms with van der Waals surface area (Å²) in [5.41, 5.74) is 0. The van der Waals surface area contributed by atoms with Gasteiger partial charge >= 0.3 is 6.09 Å². The van der Waals surface area contributed by atoms with Crippen molar-refractivity contribution >= 4 is 6.09 Å². The van der Waals surface area contributed by atoms with Crippen LogP contribution < -0.4 is 0 Å². The smallest absolute Gasteiger partial charge is 0.410 e. The molecule has 0 radical (unpaired) electrons. The number of nitrogens with zero attached hydrogens (tertiary/aromatic N) is 1. The summed E-state index contributed by atoms with van der Waals surface area (Å²) in [7, 11) is 0. The van der Waals surface area contributed by atoms with Crippen LogP contribution in [0.3, 0.4) is 0 Å². The lowest BCUT2D eigenvalue weighted by Crippen LogP contribution is -2.23. The highest BCUT2D eigenvalue weighted by Gasteiger charge is 2.22. The van der Waals surface area contributed by atoms with E-state index < -0.39 is 0 Å². The third-order valence-corrected chi connectivity index (χ3v) is 1.77. The van der Waals surface area contributed by atoms with Crippen molar-refractivity contribution in [1.82, 2.24) is 4.90 Å². The van der Waals surface area contributed by atoms with Gasteiger partial charge in [0.2, 0.25) is 0 Å². The van der Waals surface area contributed by atoms with E-state index in [1.807, 2.05) is 6.07 Å². The highest BCUT2D eigenvalue weighted by molar-refractivity contribution is 5.69. The van der Waals surface area contributed by atoms with Gasteiger partial charge in [-0.25, -0.2) is 4.79 Å². The maximum Gasteiger partial charge on any atom is 0.410 e. The van der Waals surface area contributed by atoms with Crippen LogP contribution in [0.15, 0.2) is 22.8 Å². The van der Waals surface area contributed by atoms with E-state index >= 15 is 0 Å². The van der Waals surface area contributed by atoms with Gasteiger partial charge in [0, 0.05) is 0 Å². The Labute approximate surface area is 69.7 Å². The van der Waals surface area contributed by atoms with E-state index in [0.29, 0.717) is 19.7 Å². The Morgan fingerprint density at radius 2 is 2.50 bits per heavy atom. The third-order valence-electron chi connectivity index (χ3n) is 1.77. The minimum absolute atomic E-state index is 0.258. The maximum absolute atomic E-state index is 11.0. The van der Waals surface area contributed by atoms with E-state index in [2.05, 4.69) is 0 Å². The predicted molar refractivity (Wildman–Crippen MR) is 40.5 cm³/mol. The highest BCUT2D eigenvalue weighted by atomic mass is 16.6. The molecule has 0 bridgehead atoms. The Morgan fingerprint density at radius 1 is 1.58 bits per heavy atom. The molecule has 0 spiro atoms. The summed E-state index contributed by atoms with van der Waals surface area (Å²) >= 11 is 0. The van der Waals surface area contributed by atoms with Crippen LogP contribution in [0.4, 0.5) is 4.79 Å². The Kier molecular flexibility index (Phi) is 1.74. The molecule has 0 aliphatic carbocycles. The molecule has 0 unspecified atom stereocenters. The molecule has 1 aromatic rings. The molecule has 1 fully saturated rings. The number of carbonyl (C=O) groups excluding carboxylic acids is 1. The Morgan fingerprint density at radius 3 is 3.08 bits per heavy atom. The SMILES string of the molecule is O=C1OCCN1Cc1ccco1. The molecular weight excluding hydrogens is 158 g/mol. The number of hydrogen-bond donors (Lipinski definition) is 0. The molecular formula is C8H9NO3. The van der Waals surface area contributed by atoms with Crippen LogP contribution in [0.1, 0.15) is 5.76 Å². The normalized spacial score (nSPS) is 16.7. The molecule has 1 aliphatic heterocycles. The first-order valence-corrected chi connectivity index (χ1v) is 3.80. The summed E-state index contributed by atoms with van der Waals surface area (Å²) in [6, 6.07) is 3.64. The highest BCUT2D eigenvalue weighted by Crippen LogP contribution is 2.10. The summed E-state index contributed by atoms with van der Waals surface area (Å²) in [6.07, 6.45) is 1.34. The van der Waals surface area contributed by atoms with Crippen molar-refractivity contribution < 1.29 is 13.9 Å². The molecule has 1 aromatic heterocycles. The molecule has 1 amide bonds. The van der Waals surface area contributed by atoms with Crippen LogP contribution in [-0.2, 0) is 11.3 Å². The number of furan rings is 1. The summed E-state index contributed by atoms with van der Waals surface area (Å²) in [6.45, 7) is 1.64. The van der Waals surface area contributed by atoms with E-state index in [1.54, 1.807) is 17.2 Å². The van der Waals surface area contributed by atoms with Crippen LogP contribution in [0, 0.1) is 0 Å². The van der Waals surface area contributed by atoms with Crippen LogP contribution in [0.25, 0.3) is 0 Å². The van der Waals surface area contributed by atoms with E-state index in [4.69, 9.17) is 9.15 Å². The summed E-state index contributed by atoms with van der Waals surface area (Å²) in [5, 5.41) is 0. The molecule has 2 rings (SSSR count). The molecule has 0 aromatic carbocycles. The number of rotatable bonds is 2. The van der Waals surface area contributed by atoms with Gasteiger partial charge in [-0.05, 0) is 12.1 Å². The first-order chi connectivity index (χ1) is 5.86.